The summed E-state index contributed by atoms with van der Waals surface area (Å²) in [5.74, 6) is 0. The highest BCUT2D eigenvalue weighted by molar-refractivity contribution is 5.60. The van der Waals surface area contributed by atoms with E-state index in [1.54, 1.807) is 11.0 Å². The van der Waals surface area contributed by atoms with Gasteiger partial charge in [0, 0.05) is 11.9 Å². The van der Waals surface area contributed by atoms with Gasteiger partial charge in [-0.25, -0.2) is 4.98 Å². The summed E-state index contributed by atoms with van der Waals surface area (Å²) in [6, 6.07) is 3.90. The summed E-state index contributed by atoms with van der Waals surface area (Å²) in [6.07, 6.45) is 3.55. The van der Waals surface area contributed by atoms with Crippen molar-refractivity contribution in [2.75, 3.05) is 0 Å². The molecule has 0 radical (unpaired) electrons. The maximum absolute atomic E-state index is 4.52. The Hall–Kier alpha value is -2.24. The average molecular weight is 214 g/mol. The van der Waals surface area contributed by atoms with Crippen molar-refractivity contribution in [3.8, 4) is 5.69 Å². The molecule has 0 aliphatic heterocycles. The van der Waals surface area contributed by atoms with E-state index < -0.39 is 0 Å². The van der Waals surface area contributed by atoms with Crippen molar-refractivity contribution < 1.29 is 0 Å². The zero-order valence-corrected chi connectivity index (χ0v) is 8.99. The lowest BCUT2D eigenvalue weighted by Gasteiger charge is -2.01. The molecule has 0 fully saturated rings. The highest BCUT2D eigenvalue weighted by atomic mass is 15.5. The molecule has 3 aromatic heterocycles. The molecule has 0 atom stereocenters. The molecule has 16 heavy (non-hydrogen) atoms. The molecule has 0 aromatic carbocycles. The zero-order chi connectivity index (χ0) is 11.1. The minimum atomic E-state index is 0.866. The van der Waals surface area contributed by atoms with Crippen molar-refractivity contribution in [1.29, 1.82) is 0 Å². The van der Waals surface area contributed by atoms with E-state index in [4.69, 9.17) is 0 Å². The van der Waals surface area contributed by atoms with Crippen molar-refractivity contribution >= 4 is 5.65 Å². The number of aryl methyl sites for hydroxylation is 2. The van der Waals surface area contributed by atoms with E-state index in [0.29, 0.717) is 0 Å². The van der Waals surface area contributed by atoms with Gasteiger partial charge in [-0.05, 0) is 36.4 Å². The van der Waals surface area contributed by atoms with Gasteiger partial charge in [0.1, 0.15) is 12.0 Å². The number of imidazole rings is 1. The first kappa shape index (κ1) is 9.02. The molecule has 0 saturated carbocycles. The molecule has 3 heterocycles. The van der Waals surface area contributed by atoms with Gasteiger partial charge in [0.15, 0.2) is 5.65 Å². The number of tetrazole rings is 1. The van der Waals surface area contributed by atoms with Crippen LogP contribution in [0.4, 0.5) is 0 Å². The van der Waals surface area contributed by atoms with Gasteiger partial charge in [-0.2, -0.15) is 4.68 Å². The Morgan fingerprint density at radius 2 is 2.12 bits per heavy atom. The number of hydrogen-bond donors (Lipinski definition) is 0. The van der Waals surface area contributed by atoms with Crippen LogP contribution in [0.2, 0.25) is 0 Å². The van der Waals surface area contributed by atoms with Crippen LogP contribution in [0.1, 0.15) is 11.4 Å². The lowest BCUT2D eigenvalue weighted by atomic mass is 10.4. The Kier molecular flexibility index (Phi) is 1.76. The van der Waals surface area contributed by atoms with E-state index in [1.807, 2.05) is 36.6 Å². The second-order valence-electron chi connectivity index (χ2n) is 3.62. The minimum Gasteiger partial charge on any atom is -0.302 e. The normalized spacial score (nSPS) is 11.1. The summed E-state index contributed by atoms with van der Waals surface area (Å²) >= 11 is 0. The van der Waals surface area contributed by atoms with Crippen LogP contribution in [0, 0.1) is 13.8 Å². The van der Waals surface area contributed by atoms with Crippen molar-refractivity contribution in [3.63, 3.8) is 0 Å². The van der Waals surface area contributed by atoms with Gasteiger partial charge in [-0.1, -0.05) is 0 Å². The number of hydrogen-bond acceptors (Lipinski definition) is 4. The van der Waals surface area contributed by atoms with Crippen LogP contribution in [-0.4, -0.2) is 29.6 Å². The van der Waals surface area contributed by atoms with Gasteiger partial charge in [-0.15, -0.1) is 5.10 Å². The second kappa shape index (κ2) is 3.13. The highest BCUT2D eigenvalue weighted by Crippen LogP contribution is 2.17. The number of pyridine rings is 1. The second-order valence-corrected chi connectivity index (χ2v) is 3.62. The van der Waals surface area contributed by atoms with Gasteiger partial charge in [0.2, 0.25) is 0 Å². The molecule has 0 amide bonds. The molecule has 0 bridgehead atoms. The molecule has 3 aromatic rings. The summed E-state index contributed by atoms with van der Waals surface area (Å²) in [5.41, 5.74) is 3.89. The molecule has 0 aliphatic rings. The average Bonchev–Trinajstić information content (AvgIpc) is 2.89. The van der Waals surface area contributed by atoms with Crippen LogP contribution < -0.4 is 0 Å². The molecule has 0 N–H and O–H groups in total. The topological polar surface area (TPSA) is 60.9 Å². The summed E-state index contributed by atoms with van der Waals surface area (Å²) < 4.78 is 3.65. The van der Waals surface area contributed by atoms with Crippen LogP contribution >= 0.6 is 0 Å². The quantitative estimate of drug-likeness (QED) is 0.604. The maximum atomic E-state index is 4.52. The van der Waals surface area contributed by atoms with Crippen LogP contribution in [-0.2, 0) is 0 Å². The van der Waals surface area contributed by atoms with Crippen molar-refractivity contribution in [3.05, 3.63) is 36.0 Å². The third kappa shape index (κ3) is 1.13. The molecule has 0 saturated heterocycles. The molecule has 6 nitrogen and oxygen atoms in total. The van der Waals surface area contributed by atoms with Crippen LogP contribution in [0.3, 0.4) is 0 Å². The predicted molar refractivity (Wildman–Crippen MR) is 57.4 cm³/mol. The minimum absolute atomic E-state index is 0.866. The van der Waals surface area contributed by atoms with E-state index in [9.17, 15) is 0 Å². The Bertz CT molecular complexity index is 637. The van der Waals surface area contributed by atoms with Crippen LogP contribution in [0.5, 0.6) is 0 Å². The number of aromatic nitrogens is 6. The van der Waals surface area contributed by atoms with E-state index in [2.05, 4.69) is 20.5 Å². The highest BCUT2D eigenvalue weighted by Gasteiger charge is 2.09. The first-order chi connectivity index (χ1) is 7.77. The molecule has 80 valence electrons. The first-order valence-electron chi connectivity index (χ1n) is 4.95. The van der Waals surface area contributed by atoms with Crippen LogP contribution in [0.25, 0.3) is 11.3 Å². The zero-order valence-electron chi connectivity index (χ0n) is 8.99. The number of nitrogens with zero attached hydrogens (tertiary/aromatic N) is 6. The Balaban J connectivity index is 2.38. The smallest absolute Gasteiger partial charge is 0.163 e. The lowest BCUT2D eigenvalue weighted by Crippen LogP contribution is -1.99. The fourth-order valence-electron chi connectivity index (χ4n) is 1.74. The van der Waals surface area contributed by atoms with Crippen molar-refractivity contribution in [1.82, 2.24) is 29.6 Å². The number of fused-ring (bicyclic) bond motifs is 1. The standard InChI is InChI=1S/C10H10N6/c1-7-8(2)15-5-3-4-9(10(15)12-7)16-6-11-13-14-16/h3-6H,1-2H3. The SMILES string of the molecule is Cc1nc2c(-n3cnnn3)cccn2c1C. The van der Waals surface area contributed by atoms with Crippen molar-refractivity contribution in [2.24, 2.45) is 0 Å². The molecular weight excluding hydrogens is 204 g/mol. The maximum Gasteiger partial charge on any atom is 0.163 e. The fourth-order valence-corrected chi connectivity index (χ4v) is 1.74. The van der Waals surface area contributed by atoms with Gasteiger partial charge in [0.05, 0.1) is 5.69 Å². The number of rotatable bonds is 1. The van der Waals surface area contributed by atoms with E-state index in [0.717, 1.165) is 22.7 Å². The third-order valence-corrected chi connectivity index (χ3v) is 2.70. The molecule has 6 heteroatoms. The van der Waals surface area contributed by atoms with Crippen molar-refractivity contribution in [2.45, 2.75) is 13.8 Å². The van der Waals surface area contributed by atoms with E-state index >= 15 is 0 Å². The summed E-state index contributed by atoms with van der Waals surface area (Å²) in [6.45, 7) is 4.03. The fraction of sp³-hybridized carbons (Fsp3) is 0.200. The Morgan fingerprint density at radius 1 is 1.25 bits per heavy atom. The Morgan fingerprint density at radius 3 is 2.88 bits per heavy atom. The Labute approximate surface area is 91.5 Å². The van der Waals surface area contributed by atoms with E-state index in [1.165, 1.54) is 0 Å². The lowest BCUT2D eigenvalue weighted by molar-refractivity contribution is 0.788. The summed E-state index contributed by atoms with van der Waals surface area (Å²) in [5, 5.41) is 11.1. The molecule has 3 rings (SSSR count). The first-order valence-corrected chi connectivity index (χ1v) is 4.95. The molecule has 0 unspecified atom stereocenters. The van der Waals surface area contributed by atoms with Gasteiger partial charge in [0.25, 0.3) is 0 Å². The summed E-state index contributed by atoms with van der Waals surface area (Å²) in [4.78, 5) is 4.52. The van der Waals surface area contributed by atoms with Crippen LogP contribution in [0.15, 0.2) is 24.7 Å². The van der Waals surface area contributed by atoms with Gasteiger partial charge >= 0.3 is 0 Å². The van der Waals surface area contributed by atoms with Gasteiger partial charge < -0.3 is 4.40 Å². The third-order valence-electron chi connectivity index (χ3n) is 2.70. The largest absolute Gasteiger partial charge is 0.302 e. The molecular formula is C10H10N6. The van der Waals surface area contributed by atoms with Gasteiger partial charge in [-0.3, -0.25) is 0 Å². The van der Waals surface area contributed by atoms with E-state index in [-0.39, 0.29) is 0 Å². The predicted octanol–water partition coefficient (Wildman–Crippen LogP) is 0.927. The molecule has 0 spiro atoms. The molecule has 0 aliphatic carbocycles. The summed E-state index contributed by atoms with van der Waals surface area (Å²) in [7, 11) is 0. The monoisotopic (exact) mass is 214 g/mol.